The molecule has 118 valence electrons. The third-order valence-electron chi connectivity index (χ3n) is 2.70. The normalized spacial score (nSPS) is 12.8. The van der Waals surface area contributed by atoms with Gasteiger partial charge in [0.15, 0.2) is 6.61 Å². The number of benzene rings is 1. The zero-order valence-corrected chi connectivity index (χ0v) is 13.8. The van der Waals surface area contributed by atoms with Gasteiger partial charge in [-0.25, -0.2) is 13.6 Å². The Balaban J connectivity index is 2.83. The van der Waals surface area contributed by atoms with E-state index in [1.54, 1.807) is 0 Å². The van der Waals surface area contributed by atoms with Crippen LogP contribution in [0.4, 0.5) is 0 Å². The largest absolute Gasteiger partial charge is 0.482 e. The first-order valence-electron chi connectivity index (χ1n) is 6.09. The van der Waals surface area contributed by atoms with E-state index >= 15 is 0 Å². The van der Waals surface area contributed by atoms with E-state index < -0.39 is 10.0 Å². The van der Waals surface area contributed by atoms with Crippen LogP contribution in [0.15, 0.2) is 17.0 Å². The van der Waals surface area contributed by atoms with Crippen LogP contribution in [-0.4, -0.2) is 27.0 Å². The predicted molar refractivity (Wildman–Crippen MR) is 81.2 cm³/mol. The topological polar surface area (TPSA) is 98.5 Å². The minimum Gasteiger partial charge on any atom is -0.482 e. The number of carbonyl (C=O) groups excluding carboxylic acids is 1. The molecule has 6 nitrogen and oxygen atoms in total. The molecule has 0 bridgehead atoms. The van der Waals surface area contributed by atoms with Crippen LogP contribution in [0.5, 0.6) is 5.75 Å². The van der Waals surface area contributed by atoms with Crippen molar-refractivity contribution in [1.82, 2.24) is 5.32 Å². The molecule has 0 fully saturated rings. The maximum absolute atomic E-state index is 11.6. The van der Waals surface area contributed by atoms with Crippen LogP contribution in [0, 0.1) is 0 Å². The molecule has 1 atom stereocenters. The number of halogens is 2. The quantitative estimate of drug-likeness (QED) is 0.815. The summed E-state index contributed by atoms with van der Waals surface area (Å²) >= 11 is 11.7. The first kappa shape index (κ1) is 18.0. The molecule has 21 heavy (non-hydrogen) atoms. The molecular weight excluding hydrogens is 339 g/mol. The van der Waals surface area contributed by atoms with Gasteiger partial charge in [0, 0.05) is 6.04 Å². The van der Waals surface area contributed by atoms with E-state index in [1.807, 2.05) is 13.8 Å². The van der Waals surface area contributed by atoms with Gasteiger partial charge in [-0.15, -0.1) is 0 Å². The van der Waals surface area contributed by atoms with E-state index in [1.165, 1.54) is 12.1 Å². The molecule has 0 spiro atoms. The molecule has 0 saturated heterocycles. The average molecular weight is 355 g/mol. The summed E-state index contributed by atoms with van der Waals surface area (Å²) in [5, 5.41) is 7.36. The monoisotopic (exact) mass is 354 g/mol. The molecule has 1 unspecified atom stereocenters. The minimum absolute atomic E-state index is 0.0323. The third-order valence-corrected chi connectivity index (χ3v) is 4.63. The van der Waals surface area contributed by atoms with E-state index in [9.17, 15) is 13.2 Å². The summed E-state index contributed by atoms with van der Waals surface area (Å²) in [5.41, 5.74) is 0. The van der Waals surface area contributed by atoms with E-state index in [0.717, 1.165) is 6.42 Å². The Morgan fingerprint density at radius 2 is 2.00 bits per heavy atom. The van der Waals surface area contributed by atoms with Gasteiger partial charge in [0.25, 0.3) is 5.91 Å². The number of sulfonamides is 1. The standard InChI is InChI=1S/C12H16Cl2N2O4S/c1-3-7(2)16-10(17)6-20-8-4-5-9(21(15,18)19)12(14)11(8)13/h4-5,7H,3,6H2,1-2H3,(H,16,17)(H2,15,18,19). The van der Waals surface area contributed by atoms with Gasteiger partial charge in [0.2, 0.25) is 10.0 Å². The van der Waals surface area contributed by atoms with E-state index in [0.29, 0.717) is 0 Å². The molecule has 0 saturated carbocycles. The number of hydrogen-bond donors (Lipinski definition) is 2. The average Bonchev–Trinajstić information content (AvgIpc) is 2.38. The zero-order valence-electron chi connectivity index (χ0n) is 11.5. The fourth-order valence-corrected chi connectivity index (χ4v) is 2.77. The Kier molecular flexibility index (Phi) is 6.27. The Morgan fingerprint density at radius 3 is 2.52 bits per heavy atom. The van der Waals surface area contributed by atoms with Gasteiger partial charge < -0.3 is 10.1 Å². The summed E-state index contributed by atoms with van der Waals surface area (Å²) in [6.45, 7) is 3.55. The molecule has 3 N–H and O–H groups in total. The molecule has 1 aromatic rings. The Hall–Kier alpha value is -1.02. The lowest BCUT2D eigenvalue weighted by molar-refractivity contribution is -0.123. The van der Waals surface area contributed by atoms with Crippen LogP contribution >= 0.6 is 23.2 Å². The number of hydrogen-bond acceptors (Lipinski definition) is 4. The lowest BCUT2D eigenvalue weighted by Crippen LogP contribution is -2.35. The van der Waals surface area contributed by atoms with Crippen molar-refractivity contribution in [3.63, 3.8) is 0 Å². The van der Waals surface area contributed by atoms with E-state index in [-0.39, 0.29) is 39.2 Å². The van der Waals surface area contributed by atoms with Crippen LogP contribution in [0.3, 0.4) is 0 Å². The molecule has 1 rings (SSSR count). The Labute approximate surface area is 133 Å². The molecule has 0 heterocycles. The molecule has 0 radical (unpaired) electrons. The Morgan fingerprint density at radius 1 is 1.38 bits per heavy atom. The number of primary sulfonamides is 1. The fraction of sp³-hybridized carbons (Fsp3) is 0.417. The number of rotatable bonds is 6. The summed E-state index contributed by atoms with van der Waals surface area (Å²) in [4.78, 5) is 11.3. The molecular formula is C12H16Cl2N2O4S. The van der Waals surface area contributed by atoms with Gasteiger partial charge in [0.05, 0.1) is 5.02 Å². The van der Waals surface area contributed by atoms with Crippen LogP contribution in [-0.2, 0) is 14.8 Å². The van der Waals surface area contributed by atoms with Crippen LogP contribution in [0.25, 0.3) is 0 Å². The van der Waals surface area contributed by atoms with Crippen molar-refractivity contribution < 1.29 is 17.9 Å². The number of nitrogens with two attached hydrogens (primary N) is 1. The van der Waals surface area contributed by atoms with Crippen molar-refractivity contribution in [3.05, 3.63) is 22.2 Å². The summed E-state index contributed by atoms with van der Waals surface area (Å²) in [6, 6.07) is 2.50. The van der Waals surface area contributed by atoms with E-state index in [4.69, 9.17) is 33.1 Å². The van der Waals surface area contributed by atoms with Crippen molar-refractivity contribution >= 4 is 39.1 Å². The maximum atomic E-state index is 11.6. The second-order valence-electron chi connectivity index (χ2n) is 4.40. The summed E-state index contributed by atoms with van der Waals surface area (Å²) in [5.74, 6) is -0.208. The van der Waals surface area contributed by atoms with Gasteiger partial charge in [-0.05, 0) is 25.5 Å². The molecule has 9 heteroatoms. The number of carbonyl (C=O) groups is 1. The molecule has 0 aromatic heterocycles. The molecule has 1 amide bonds. The highest BCUT2D eigenvalue weighted by Gasteiger charge is 2.19. The highest BCUT2D eigenvalue weighted by atomic mass is 35.5. The van der Waals surface area contributed by atoms with Crippen LogP contribution in [0.1, 0.15) is 20.3 Å². The van der Waals surface area contributed by atoms with Crippen molar-refractivity contribution in [2.75, 3.05) is 6.61 Å². The maximum Gasteiger partial charge on any atom is 0.258 e. The van der Waals surface area contributed by atoms with Gasteiger partial charge >= 0.3 is 0 Å². The molecule has 1 aromatic carbocycles. The van der Waals surface area contributed by atoms with Crippen molar-refractivity contribution in [1.29, 1.82) is 0 Å². The first-order chi connectivity index (χ1) is 9.66. The highest BCUT2D eigenvalue weighted by Crippen LogP contribution is 2.36. The third kappa shape index (κ3) is 5.03. The number of nitrogens with one attached hydrogen (secondary N) is 1. The second-order valence-corrected chi connectivity index (χ2v) is 6.69. The second kappa shape index (κ2) is 7.31. The highest BCUT2D eigenvalue weighted by molar-refractivity contribution is 7.89. The first-order valence-corrected chi connectivity index (χ1v) is 8.40. The summed E-state index contributed by atoms with van der Waals surface area (Å²) < 4.78 is 27.8. The fourth-order valence-electron chi connectivity index (χ4n) is 1.41. The number of ether oxygens (including phenoxy) is 1. The van der Waals surface area contributed by atoms with Crippen molar-refractivity contribution in [2.24, 2.45) is 5.14 Å². The van der Waals surface area contributed by atoms with Crippen LogP contribution < -0.4 is 15.2 Å². The summed E-state index contributed by atoms with van der Waals surface area (Å²) in [7, 11) is -3.97. The molecule has 0 aliphatic heterocycles. The SMILES string of the molecule is CCC(C)NC(=O)COc1ccc(S(N)(=O)=O)c(Cl)c1Cl. The number of amides is 1. The smallest absolute Gasteiger partial charge is 0.258 e. The van der Waals surface area contributed by atoms with E-state index in [2.05, 4.69) is 5.32 Å². The van der Waals surface area contributed by atoms with Gasteiger partial charge in [-0.1, -0.05) is 30.1 Å². The van der Waals surface area contributed by atoms with Gasteiger partial charge in [0.1, 0.15) is 15.7 Å². The van der Waals surface area contributed by atoms with Crippen molar-refractivity contribution in [2.45, 2.75) is 31.2 Å². The summed E-state index contributed by atoms with van der Waals surface area (Å²) in [6.07, 6.45) is 0.793. The van der Waals surface area contributed by atoms with Crippen molar-refractivity contribution in [3.8, 4) is 5.75 Å². The zero-order chi connectivity index (χ0) is 16.2. The van der Waals surface area contributed by atoms with Crippen LogP contribution in [0.2, 0.25) is 10.0 Å². The lowest BCUT2D eigenvalue weighted by atomic mass is 10.2. The molecule has 0 aliphatic carbocycles. The minimum atomic E-state index is -3.97. The lowest BCUT2D eigenvalue weighted by Gasteiger charge is -2.13. The Bertz CT molecular complexity index is 634. The molecule has 0 aliphatic rings. The predicted octanol–water partition coefficient (Wildman–Crippen LogP) is 1.93. The van der Waals surface area contributed by atoms with Gasteiger partial charge in [-0.2, -0.15) is 0 Å². The van der Waals surface area contributed by atoms with Gasteiger partial charge in [-0.3, -0.25) is 4.79 Å².